The number of amides is 1. The highest BCUT2D eigenvalue weighted by atomic mass is 16.5. The summed E-state index contributed by atoms with van der Waals surface area (Å²) in [7, 11) is 1.55. The fourth-order valence-electron chi connectivity index (χ4n) is 2.43. The van der Waals surface area contributed by atoms with Gasteiger partial charge in [-0.3, -0.25) is 9.59 Å². The number of nitrogens with one attached hydrogen (secondary N) is 2. The molecule has 0 radical (unpaired) electrons. The molecule has 116 valence electrons. The molecule has 1 aromatic heterocycles. The zero-order valence-corrected chi connectivity index (χ0v) is 12.8. The number of hydrogen-bond acceptors (Lipinski definition) is 3. The number of pyridine rings is 1. The molecule has 1 heterocycles. The number of fused-ring (bicyclic) bond motifs is 1. The summed E-state index contributed by atoms with van der Waals surface area (Å²) >= 11 is 0. The van der Waals surface area contributed by atoms with Crippen molar-refractivity contribution in [3.05, 3.63) is 70.0 Å². The Kier molecular flexibility index (Phi) is 3.85. The molecule has 3 aromatic rings. The highest BCUT2D eigenvalue weighted by molar-refractivity contribution is 6.05. The molecule has 0 fully saturated rings. The van der Waals surface area contributed by atoms with E-state index in [0.717, 1.165) is 11.2 Å². The van der Waals surface area contributed by atoms with Crippen molar-refractivity contribution in [1.82, 2.24) is 4.98 Å². The summed E-state index contributed by atoms with van der Waals surface area (Å²) in [6.45, 7) is 1.83. The standard InChI is InChI=1S/C18H16N2O3/c1-11-8-17(21)15-10-13(6-7-16(15)19-11)20-18(22)12-4-3-5-14(9-12)23-2/h3-10H,1-2H3,(H,19,21)(H,20,22). The maximum absolute atomic E-state index is 12.3. The quantitative estimate of drug-likeness (QED) is 0.781. The minimum absolute atomic E-state index is 0.0753. The topological polar surface area (TPSA) is 71.2 Å². The third-order valence-electron chi connectivity index (χ3n) is 3.55. The molecule has 5 heteroatoms. The van der Waals surface area contributed by atoms with Crippen LogP contribution in [0.2, 0.25) is 0 Å². The summed E-state index contributed by atoms with van der Waals surface area (Å²) in [4.78, 5) is 27.5. The van der Waals surface area contributed by atoms with E-state index in [1.165, 1.54) is 6.07 Å². The predicted molar refractivity (Wildman–Crippen MR) is 90.3 cm³/mol. The van der Waals surface area contributed by atoms with Crippen LogP contribution in [0.15, 0.2) is 53.3 Å². The Labute approximate surface area is 132 Å². The van der Waals surface area contributed by atoms with E-state index in [9.17, 15) is 9.59 Å². The summed E-state index contributed by atoms with van der Waals surface area (Å²) in [5.41, 5.74) is 2.53. The van der Waals surface area contributed by atoms with Crippen molar-refractivity contribution in [2.45, 2.75) is 6.92 Å². The van der Waals surface area contributed by atoms with Gasteiger partial charge in [0.05, 0.1) is 7.11 Å². The Morgan fingerprint density at radius 1 is 1.13 bits per heavy atom. The van der Waals surface area contributed by atoms with Crippen LogP contribution < -0.4 is 15.5 Å². The van der Waals surface area contributed by atoms with Gasteiger partial charge in [-0.05, 0) is 43.3 Å². The molecule has 23 heavy (non-hydrogen) atoms. The number of anilines is 1. The molecule has 0 saturated heterocycles. The molecule has 0 aliphatic rings. The number of hydrogen-bond donors (Lipinski definition) is 2. The Morgan fingerprint density at radius 3 is 2.74 bits per heavy atom. The number of methoxy groups -OCH3 is 1. The maximum atomic E-state index is 12.3. The van der Waals surface area contributed by atoms with E-state index in [-0.39, 0.29) is 11.3 Å². The van der Waals surface area contributed by atoms with Gasteiger partial charge >= 0.3 is 0 Å². The molecular weight excluding hydrogens is 292 g/mol. The third kappa shape index (κ3) is 3.08. The van der Waals surface area contributed by atoms with Crippen molar-refractivity contribution in [2.75, 3.05) is 12.4 Å². The van der Waals surface area contributed by atoms with Crippen LogP contribution in [0.25, 0.3) is 10.9 Å². The van der Waals surface area contributed by atoms with E-state index in [1.54, 1.807) is 49.6 Å². The zero-order valence-electron chi connectivity index (χ0n) is 12.8. The molecule has 1 amide bonds. The molecule has 0 bridgehead atoms. The van der Waals surface area contributed by atoms with Crippen LogP contribution in [0.5, 0.6) is 5.75 Å². The van der Waals surface area contributed by atoms with Crippen LogP contribution in [-0.4, -0.2) is 18.0 Å². The fourth-order valence-corrected chi connectivity index (χ4v) is 2.43. The molecule has 0 saturated carbocycles. The van der Waals surface area contributed by atoms with Gasteiger partial charge in [-0.2, -0.15) is 0 Å². The van der Waals surface area contributed by atoms with Gasteiger partial charge in [0.2, 0.25) is 0 Å². The van der Waals surface area contributed by atoms with Crippen LogP contribution in [0.4, 0.5) is 5.69 Å². The van der Waals surface area contributed by atoms with Crippen molar-refractivity contribution in [3.63, 3.8) is 0 Å². The summed E-state index contributed by atoms with van der Waals surface area (Å²) in [5, 5.41) is 3.34. The number of carbonyl (C=O) groups excluding carboxylic acids is 1. The average Bonchev–Trinajstić information content (AvgIpc) is 2.55. The Morgan fingerprint density at radius 2 is 1.96 bits per heavy atom. The van der Waals surface area contributed by atoms with Gasteiger partial charge in [0.1, 0.15) is 5.75 Å². The second kappa shape index (κ2) is 5.96. The largest absolute Gasteiger partial charge is 0.497 e. The van der Waals surface area contributed by atoms with E-state index >= 15 is 0 Å². The maximum Gasteiger partial charge on any atom is 0.255 e. The normalized spacial score (nSPS) is 10.5. The van der Waals surface area contributed by atoms with E-state index in [4.69, 9.17) is 4.74 Å². The van der Waals surface area contributed by atoms with Crippen LogP contribution in [0.3, 0.4) is 0 Å². The van der Waals surface area contributed by atoms with Crippen molar-refractivity contribution < 1.29 is 9.53 Å². The number of ether oxygens (including phenoxy) is 1. The van der Waals surface area contributed by atoms with Crippen molar-refractivity contribution in [2.24, 2.45) is 0 Å². The van der Waals surface area contributed by atoms with E-state index in [0.29, 0.717) is 22.4 Å². The van der Waals surface area contributed by atoms with Crippen LogP contribution >= 0.6 is 0 Å². The number of benzene rings is 2. The van der Waals surface area contributed by atoms with Crippen LogP contribution in [0, 0.1) is 6.92 Å². The number of H-pyrrole nitrogens is 1. The van der Waals surface area contributed by atoms with E-state index in [2.05, 4.69) is 10.3 Å². The molecule has 5 nitrogen and oxygen atoms in total. The van der Waals surface area contributed by atoms with Gasteiger partial charge in [-0.25, -0.2) is 0 Å². The number of aryl methyl sites for hydroxylation is 1. The molecule has 0 unspecified atom stereocenters. The Bertz CT molecular complexity index is 944. The molecule has 0 aliphatic heterocycles. The van der Waals surface area contributed by atoms with E-state index in [1.807, 2.05) is 6.92 Å². The number of aromatic amines is 1. The van der Waals surface area contributed by atoms with Gasteiger partial charge in [-0.15, -0.1) is 0 Å². The lowest BCUT2D eigenvalue weighted by Gasteiger charge is -2.08. The predicted octanol–water partition coefficient (Wildman–Crippen LogP) is 3.10. The highest BCUT2D eigenvalue weighted by Crippen LogP contribution is 2.18. The summed E-state index contributed by atoms with van der Waals surface area (Å²) in [6, 6.07) is 13.6. The first-order valence-electron chi connectivity index (χ1n) is 7.16. The van der Waals surface area contributed by atoms with Crippen LogP contribution in [-0.2, 0) is 0 Å². The van der Waals surface area contributed by atoms with Gasteiger partial charge in [0, 0.05) is 33.9 Å². The monoisotopic (exact) mass is 308 g/mol. The lowest BCUT2D eigenvalue weighted by molar-refractivity contribution is 0.102. The number of rotatable bonds is 3. The van der Waals surface area contributed by atoms with Gasteiger partial charge in [-0.1, -0.05) is 6.07 Å². The average molecular weight is 308 g/mol. The van der Waals surface area contributed by atoms with Gasteiger partial charge in [0.25, 0.3) is 5.91 Å². The molecular formula is C18H16N2O3. The first-order chi connectivity index (χ1) is 11.1. The summed E-state index contributed by atoms with van der Waals surface area (Å²) < 4.78 is 5.11. The summed E-state index contributed by atoms with van der Waals surface area (Å²) in [5.74, 6) is 0.356. The summed E-state index contributed by atoms with van der Waals surface area (Å²) in [6.07, 6.45) is 0. The molecule has 2 aromatic carbocycles. The molecule has 0 spiro atoms. The first-order valence-corrected chi connectivity index (χ1v) is 7.16. The van der Waals surface area contributed by atoms with Crippen LogP contribution in [0.1, 0.15) is 16.1 Å². The second-order valence-corrected chi connectivity index (χ2v) is 5.26. The lowest BCUT2D eigenvalue weighted by atomic mass is 10.1. The number of aromatic nitrogens is 1. The lowest BCUT2D eigenvalue weighted by Crippen LogP contribution is -2.12. The number of carbonyl (C=O) groups is 1. The van der Waals surface area contributed by atoms with Crippen molar-refractivity contribution >= 4 is 22.5 Å². The third-order valence-corrected chi connectivity index (χ3v) is 3.55. The first kappa shape index (κ1) is 14.8. The minimum Gasteiger partial charge on any atom is -0.497 e. The second-order valence-electron chi connectivity index (χ2n) is 5.26. The minimum atomic E-state index is -0.258. The fraction of sp³-hybridized carbons (Fsp3) is 0.111. The Balaban J connectivity index is 1.92. The Hall–Kier alpha value is -3.08. The molecule has 0 atom stereocenters. The van der Waals surface area contributed by atoms with Crippen molar-refractivity contribution in [1.29, 1.82) is 0 Å². The highest BCUT2D eigenvalue weighted by Gasteiger charge is 2.08. The van der Waals surface area contributed by atoms with Gasteiger partial charge in [0.15, 0.2) is 5.43 Å². The zero-order chi connectivity index (χ0) is 16.4. The molecule has 3 rings (SSSR count). The van der Waals surface area contributed by atoms with Crippen molar-refractivity contribution in [3.8, 4) is 5.75 Å². The smallest absolute Gasteiger partial charge is 0.255 e. The van der Waals surface area contributed by atoms with E-state index < -0.39 is 0 Å². The SMILES string of the molecule is COc1cccc(C(=O)Nc2ccc3[nH]c(C)cc(=O)c3c2)c1. The van der Waals surface area contributed by atoms with Gasteiger partial charge < -0.3 is 15.0 Å². The molecule has 0 aliphatic carbocycles. The molecule has 2 N–H and O–H groups in total.